The summed E-state index contributed by atoms with van der Waals surface area (Å²) in [7, 11) is 4.74. The molecule has 0 amide bonds. The quantitative estimate of drug-likeness (QED) is 0.168. The number of aromatic nitrogens is 1. The van der Waals surface area contributed by atoms with Crippen molar-refractivity contribution in [3.63, 3.8) is 0 Å². The number of pyridine rings is 1. The van der Waals surface area contributed by atoms with Crippen molar-refractivity contribution in [1.82, 2.24) is 4.98 Å². The minimum atomic E-state index is -0.487. The van der Waals surface area contributed by atoms with Crippen LogP contribution in [0.1, 0.15) is 34.0 Å². The number of rotatable bonds is 2. The minimum Gasteiger partial charge on any atom is -0.633 e. The van der Waals surface area contributed by atoms with Crippen LogP contribution in [-0.4, -0.2) is 47.7 Å². The Balaban J connectivity index is 1.49. The lowest BCUT2D eigenvalue weighted by molar-refractivity contribution is -0.894. The number of phenolic OH excluding ortho intramolecular Hbond substituents is 2. The van der Waals surface area contributed by atoms with E-state index in [-0.39, 0.29) is 23.0 Å². The van der Waals surface area contributed by atoms with Crippen LogP contribution in [0, 0.1) is 5.21 Å². The summed E-state index contributed by atoms with van der Waals surface area (Å²) < 4.78 is 23.5. The average molecular weight is 593 g/mol. The number of methoxy groups -OCH3 is 2. The van der Waals surface area contributed by atoms with E-state index in [1.807, 2.05) is 48.5 Å². The molecule has 4 aromatic carbocycles. The summed E-state index contributed by atoms with van der Waals surface area (Å²) in [5.74, 6) is 2.02. The van der Waals surface area contributed by atoms with Gasteiger partial charge in [-0.05, 0) is 70.6 Å². The molecule has 3 aliphatic heterocycles. The Morgan fingerprint density at radius 3 is 2.43 bits per heavy atom. The average Bonchev–Trinajstić information content (AvgIpc) is 3.01. The van der Waals surface area contributed by atoms with Crippen molar-refractivity contribution in [1.29, 1.82) is 0 Å². The number of hydrogen-bond donors (Lipinski definition) is 2. The lowest BCUT2D eigenvalue weighted by Gasteiger charge is -2.49. The first kappa shape index (κ1) is 27.8. The highest BCUT2D eigenvalue weighted by molar-refractivity contribution is 5.95. The predicted octanol–water partition coefficient (Wildman–Crippen LogP) is 6.94. The van der Waals surface area contributed by atoms with Crippen molar-refractivity contribution in [3.05, 3.63) is 106 Å². The predicted molar refractivity (Wildman–Crippen MR) is 165 cm³/mol. The van der Waals surface area contributed by atoms with Crippen LogP contribution in [0.5, 0.6) is 46.0 Å². The molecule has 0 saturated heterocycles. The molecule has 1 unspecified atom stereocenters. The zero-order valence-corrected chi connectivity index (χ0v) is 24.7. The second kappa shape index (κ2) is 10.6. The third-order valence-corrected chi connectivity index (χ3v) is 8.70. The fourth-order valence-electron chi connectivity index (χ4n) is 6.31. The molecule has 0 fully saturated rings. The van der Waals surface area contributed by atoms with Gasteiger partial charge in [-0.3, -0.25) is 4.98 Å². The minimum absolute atomic E-state index is 0.0128. The summed E-state index contributed by atoms with van der Waals surface area (Å²) in [6.45, 7) is 0.394. The Labute approximate surface area is 254 Å². The molecule has 6 bridgehead atoms. The van der Waals surface area contributed by atoms with Crippen LogP contribution >= 0.6 is 0 Å². The normalized spacial score (nSPS) is 19.0. The van der Waals surface area contributed by atoms with Crippen LogP contribution in [0.15, 0.2) is 72.9 Å². The third kappa shape index (κ3) is 4.80. The van der Waals surface area contributed by atoms with E-state index in [1.54, 1.807) is 38.6 Å². The standard InChI is InChI=1S/C35H32N2O7/c1-37(40)13-11-22-17-30(41-2)31-19-25(22)27(37)15-21-6-9-28(38)29(16-21)43-24-7-4-20(5-8-24)14-26-33-23(10-12-36-26)18-32(42-3)34(39)35(33)44-31/h4-10,12,16-19,27,38-39H,11,13-15H2,1-3H3/t27-,37?/m1/s1. The van der Waals surface area contributed by atoms with Crippen molar-refractivity contribution < 1.29 is 33.8 Å². The Kier molecular flexibility index (Phi) is 6.72. The highest BCUT2D eigenvalue weighted by Gasteiger charge is 2.35. The summed E-state index contributed by atoms with van der Waals surface area (Å²) >= 11 is 0. The van der Waals surface area contributed by atoms with Gasteiger partial charge in [0.05, 0.1) is 38.9 Å². The molecule has 224 valence electrons. The summed E-state index contributed by atoms with van der Waals surface area (Å²) in [5, 5.41) is 37.4. The fourth-order valence-corrected chi connectivity index (χ4v) is 6.31. The first-order chi connectivity index (χ1) is 21.2. The van der Waals surface area contributed by atoms with Gasteiger partial charge in [0.25, 0.3) is 0 Å². The van der Waals surface area contributed by atoms with Gasteiger partial charge in [0.2, 0.25) is 5.75 Å². The maximum absolute atomic E-state index is 14.0. The van der Waals surface area contributed by atoms with Crippen LogP contribution in [0.2, 0.25) is 0 Å². The van der Waals surface area contributed by atoms with Gasteiger partial charge in [0.15, 0.2) is 34.5 Å². The maximum atomic E-state index is 14.0. The van der Waals surface area contributed by atoms with Gasteiger partial charge in [0.1, 0.15) is 11.8 Å². The van der Waals surface area contributed by atoms with Crippen LogP contribution < -0.4 is 18.9 Å². The van der Waals surface area contributed by atoms with Gasteiger partial charge >= 0.3 is 0 Å². The van der Waals surface area contributed by atoms with Gasteiger partial charge < -0.3 is 39.0 Å². The largest absolute Gasteiger partial charge is 0.633 e. The molecule has 4 heterocycles. The molecule has 9 heteroatoms. The summed E-state index contributed by atoms with van der Waals surface area (Å²) in [4.78, 5) is 4.68. The number of hydroxylamine groups is 3. The van der Waals surface area contributed by atoms with Crippen molar-refractivity contribution >= 4 is 10.8 Å². The SMILES string of the molecule is COc1cc2c3cc1Oc1c(O)c(OC)cc4ccnc(c14)Cc1ccc(cc1)Oc1cc(ccc1O)C[C@H]3[N+](C)([O-])CC2. The third-order valence-electron chi connectivity index (χ3n) is 8.70. The van der Waals surface area contributed by atoms with E-state index in [0.717, 1.165) is 27.6 Å². The zero-order chi connectivity index (χ0) is 30.6. The molecule has 2 N–H and O–H groups in total. The molecule has 2 atom stereocenters. The number of aromatic hydroxyl groups is 2. The van der Waals surface area contributed by atoms with Gasteiger partial charge in [0, 0.05) is 31.0 Å². The molecule has 9 nitrogen and oxygen atoms in total. The number of phenols is 2. The topological polar surface area (TPSA) is 113 Å². The number of likely N-dealkylation sites (N-methyl/N-ethyl adjacent to an activating group) is 1. The molecule has 3 aliphatic rings. The highest BCUT2D eigenvalue weighted by atomic mass is 16.5. The van der Waals surface area contributed by atoms with E-state index in [9.17, 15) is 15.4 Å². The first-order valence-electron chi connectivity index (χ1n) is 14.4. The number of nitrogens with zero attached hydrogens (tertiary/aromatic N) is 2. The Morgan fingerprint density at radius 1 is 0.886 bits per heavy atom. The first-order valence-corrected chi connectivity index (χ1v) is 14.4. The van der Waals surface area contributed by atoms with E-state index in [1.165, 1.54) is 7.11 Å². The highest BCUT2D eigenvalue weighted by Crippen LogP contribution is 2.49. The second-order valence-corrected chi connectivity index (χ2v) is 11.5. The van der Waals surface area contributed by atoms with E-state index in [4.69, 9.17) is 18.9 Å². The van der Waals surface area contributed by atoms with Crippen molar-refractivity contribution in [2.45, 2.75) is 25.3 Å². The smallest absolute Gasteiger partial charge is 0.202 e. The molecule has 0 saturated carbocycles. The number of benzene rings is 4. The molecule has 8 rings (SSSR count). The monoisotopic (exact) mass is 592 g/mol. The molecule has 44 heavy (non-hydrogen) atoms. The molecular formula is C35H32N2O7. The Hall–Kier alpha value is -4.99. The van der Waals surface area contributed by atoms with Gasteiger partial charge in [-0.1, -0.05) is 18.2 Å². The summed E-state index contributed by atoms with van der Waals surface area (Å²) in [5.41, 5.74) is 4.32. The number of fused-ring (bicyclic) bond motifs is 2. The van der Waals surface area contributed by atoms with Crippen LogP contribution in [0.4, 0.5) is 0 Å². The van der Waals surface area contributed by atoms with Crippen LogP contribution in [-0.2, 0) is 19.3 Å². The molecule has 0 radical (unpaired) electrons. The van der Waals surface area contributed by atoms with Crippen LogP contribution in [0.3, 0.4) is 0 Å². The van der Waals surface area contributed by atoms with Crippen LogP contribution in [0.25, 0.3) is 10.8 Å². The summed E-state index contributed by atoms with van der Waals surface area (Å²) in [6.07, 6.45) is 3.13. The lowest BCUT2D eigenvalue weighted by atomic mass is 9.88. The summed E-state index contributed by atoms with van der Waals surface area (Å²) in [6, 6.07) is 19.6. The molecule has 5 aromatic rings. The molecular weight excluding hydrogens is 560 g/mol. The molecule has 0 aliphatic carbocycles. The lowest BCUT2D eigenvalue weighted by Crippen LogP contribution is -2.47. The van der Waals surface area contributed by atoms with Gasteiger partial charge in [-0.15, -0.1) is 0 Å². The van der Waals surface area contributed by atoms with Crippen molar-refractivity contribution in [3.8, 4) is 46.0 Å². The van der Waals surface area contributed by atoms with Crippen molar-refractivity contribution in [2.75, 3.05) is 27.8 Å². The van der Waals surface area contributed by atoms with E-state index < -0.39 is 10.7 Å². The van der Waals surface area contributed by atoms with Gasteiger partial charge in [-0.2, -0.15) is 0 Å². The van der Waals surface area contributed by atoms with E-state index >= 15 is 0 Å². The van der Waals surface area contributed by atoms with Crippen molar-refractivity contribution in [2.24, 2.45) is 0 Å². The molecule has 0 spiro atoms. The van der Waals surface area contributed by atoms with Gasteiger partial charge in [-0.25, -0.2) is 0 Å². The molecule has 1 aromatic heterocycles. The number of quaternary nitrogens is 1. The zero-order valence-electron chi connectivity index (χ0n) is 24.7. The maximum Gasteiger partial charge on any atom is 0.202 e. The Bertz CT molecular complexity index is 1900. The second-order valence-electron chi connectivity index (χ2n) is 11.5. The fraction of sp³-hybridized carbons (Fsp3) is 0.229. The van der Waals surface area contributed by atoms with E-state index in [2.05, 4.69) is 4.98 Å². The number of ether oxygens (including phenoxy) is 4. The van der Waals surface area contributed by atoms with E-state index in [0.29, 0.717) is 59.9 Å². The Morgan fingerprint density at radius 2 is 1.66 bits per heavy atom. The number of hydrogen-bond acceptors (Lipinski definition) is 8.